The van der Waals surface area contributed by atoms with E-state index in [4.69, 9.17) is 11.6 Å². The number of nitrogens with one attached hydrogen (secondary N) is 1. The fourth-order valence-corrected chi connectivity index (χ4v) is 1.75. The number of nitrogens with zero attached hydrogens (tertiary/aromatic N) is 2. The molecule has 3 nitrogen and oxygen atoms in total. The van der Waals surface area contributed by atoms with Gasteiger partial charge in [0.2, 0.25) is 0 Å². The summed E-state index contributed by atoms with van der Waals surface area (Å²) in [5.74, 6) is 0.991. The van der Waals surface area contributed by atoms with E-state index in [9.17, 15) is 4.39 Å². The lowest BCUT2D eigenvalue weighted by atomic mass is 10.2. The topological polar surface area (TPSA) is 37.8 Å². The number of para-hydroxylation sites is 1. The van der Waals surface area contributed by atoms with Gasteiger partial charge in [0, 0.05) is 11.5 Å². The summed E-state index contributed by atoms with van der Waals surface area (Å²) in [6.45, 7) is 5.76. The highest BCUT2D eigenvalue weighted by Gasteiger charge is 2.13. The molecule has 2 rings (SSSR count). The summed E-state index contributed by atoms with van der Waals surface area (Å²) in [4.78, 5) is 8.61. The van der Waals surface area contributed by atoms with Gasteiger partial charge in [-0.3, -0.25) is 0 Å². The van der Waals surface area contributed by atoms with Crippen molar-refractivity contribution in [1.29, 1.82) is 0 Å². The average Bonchev–Trinajstić information content (AvgIpc) is 2.37. The lowest BCUT2D eigenvalue weighted by Crippen LogP contribution is -2.05. The molecule has 1 aromatic heterocycles. The molecule has 0 spiro atoms. The molecular formula is C14H15ClFN3. The maximum Gasteiger partial charge on any atom is 0.146 e. The van der Waals surface area contributed by atoms with Crippen molar-refractivity contribution in [3.8, 4) is 0 Å². The first kappa shape index (κ1) is 13.7. The van der Waals surface area contributed by atoms with Gasteiger partial charge in [0.05, 0.1) is 5.69 Å². The van der Waals surface area contributed by atoms with E-state index in [1.807, 2.05) is 13.8 Å². The maximum atomic E-state index is 13.6. The van der Waals surface area contributed by atoms with Crippen LogP contribution >= 0.6 is 11.6 Å². The standard InChI is InChI=1S/C14H15ClFN3/c1-8(2)13-18-12(15)9(3)14(19-13)17-11-7-5-4-6-10(11)16/h4-8H,1-3H3,(H,17,18,19). The van der Waals surface area contributed by atoms with Gasteiger partial charge in [0.25, 0.3) is 0 Å². The summed E-state index contributed by atoms with van der Waals surface area (Å²) in [5, 5.41) is 3.35. The second-order valence-corrected chi connectivity index (χ2v) is 4.96. The zero-order valence-electron chi connectivity index (χ0n) is 11.0. The minimum Gasteiger partial charge on any atom is -0.337 e. The second-order valence-electron chi connectivity index (χ2n) is 4.61. The van der Waals surface area contributed by atoms with Gasteiger partial charge < -0.3 is 5.32 Å². The summed E-state index contributed by atoms with van der Waals surface area (Å²) >= 11 is 6.08. The van der Waals surface area contributed by atoms with Crippen LogP contribution in [0.15, 0.2) is 24.3 Å². The Morgan fingerprint density at radius 2 is 1.89 bits per heavy atom. The van der Waals surface area contributed by atoms with Gasteiger partial charge in [-0.2, -0.15) is 0 Å². The van der Waals surface area contributed by atoms with Gasteiger partial charge in [0.1, 0.15) is 22.6 Å². The van der Waals surface area contributed by atoms with E-state index in [0.29, 0.717) is 28.0 Å². The Morgan fingerprint density at radius 3 is 2.53 bits per heavy atom. The van der Waals surface area contributed by atoms with Gasteiger partial charge in [0.15, 0.2) is 0 Å². The smallest absolute Gasteiger partial charge is 0.146 e. The first-order chi connectivity index (χ1) is 8.99. The van der Waals surface area contributed by atoms with Crippen molar-refractivity contribution in [2.24, 2.45) is 0 Å². The maximum absolute atomic E-state index is 13.6. The molecule has 0 unspecified atom stereocenters. The van der Waals surface area contributed by atoms with Crippen LogP contribution in [0.4, 0.5) is 15.9 Å². The Balaban J connectivity index is 2.42. The lowest BCUT2D eigenvalue weighted by molar-refractivity contribution is 0.631. The highest BCUT2D eigenvalue weighted by Crippen LogP contribution is 2.26. The van der Waals surface area contributed by atoms with Crippen LogP contribution in [0.3, 0.4) is 0 Å². The molecule has 19 heavy (non-hydrogen) atoms. The Morgan fingerprint density at radius 1 is 1.21 bits per heavy atom. The molecule has 0 amide bonds. The molecule has 0 aliphatic heterocycles. The lowest BCUT2D eigenvalue weighted by Gasteiger charge is -2.13. The molecule has 0 radical (unpaired) electrons. The van der Waals surface area contributed by atoms with Crippen molar-refractivity contribution in [2.75, 3.05) is 5.32 Å². The predicted octanol–water partition coefficient (Wildman–Crippen LogP) is 4.44. The fourth-order valence-electron chi connectivity index (χ4n) is 1.58. The SMILES string of the molecule is Cc1c(Cl)nc(C(C)C)nc1Nc1ccccc1F. The van der Waals surface area contributed by atoms with Gasteiger partial charge in [-0.15, -0.1) is 0 Å². The van der Waals surface area contributed by atoms with Crippen LogP contribution < -0.4 is 5.32 Å². The Labute approximate surface area is 116 Å². The molecule has 1 aromatic carbocycles. The van der Waals surface area contributed by atoms with E-state index in [-0.39, 0.29) is 11.7 Å². The van der Waals surface area contributed by atoms with Gasteiger partial charge >= 0.3 is 0 Å². The fraction of sp³-hybridized carbons (Fsp3) is 0.286. The molecule has 1 heterocycles. The third-order valence-electron chi connectivity index (χ3n) is 2.75. The van der Waals surface area contributed by atoms with Crippen molar-refractivity contribution in [3.63, 3.8) is 0 Å². The van der Waals surface area contributed by atoms with Crippen LogP contribution in [0, 0.1) is 12.7 Å². The number of hydrogen-bond donors (Lipinski definition) is 1. The molecule has 0 atom stereocenters. The largest absolute Gasteiger partial charge is 0.337 e. The van der Waals surface area contributed by atoms with Crippen LogP contribution in [0.5, 0.6) is 0 Å². The number of aromatic nitrogens is 2. The summed E-state index contributed by atoms with van der Waals surface area (Å²) in [6.07, 6.45) is 0. The monoisotopic (exact) mass is 279 g/mol. The van der Waals surface area contributed by atoms with E-state index in [2.05, 4.69) is 15.3 Å². The van der Waals surface area contributed by atoms with Crippen molar-refractivity contribution >= 4 is 23.1 Å². The molecule has 2 aromatic rings. The number of benzene rings is 1. The van der Waals surface area contributed by atoms with E-state index >= 15 is 0 Å². The van der Waals surface area contributed by atoms with Crippen LogP contribution in [-0.2, 0) is 0 Å². The van der Waals surface area contributed by atoms with Crippen LogP contribution in [0.1, 0.15) is 31.2 Å². The van der Waals surface area contributed by atoms with E-state index in [1.165, 1.54) is 6.07 Å². The van der Waals surface area contributed by atoms with E-state index in [0.717, 1.165) is 0 Å². The highest BCUT2D eigenvalue weighted by atomic mass is 35.5. The molecule has 0 saturated heterocycles. The number of halogens is 2. The highest BCUT2D eigenvalue weighted by molar-refractivity contribution is 6.30. The zero-order chi connectivity index (χ0) is 14.0. The number of hydrogen-bond acceptors (Lipinski definition) is 3. The first-order valence-corrected chi connectivity index (χ1v) is 6.42. The van der Waals surface area contributed by atoms with Crippen molar-refractivity contribution in [2.45, 2.75) is 26.7 Å². The zero-order valence-corrected chi connectivity index (χ0v) is 11.8. The summed E-state index contributed by atoms with van der Waals surface area (Å²) in [6, 6.07) is 6.44. The summed E-state index contributed by atoms with van der Waals surface area (Å²) in [5.41, 5.74) is 1.07. The van der Waals surface area contributed by atoms with Crippen LogP contribution in [-0.4, -0.2) is 9.97 Å². The minimum absolute atomic E-state index is 0.152. The normalized spacial score (nSPS) is 10.8. The van der Waals surface area contributed by atoms with Crippen molar-refractivity contribution in [3.05, 3.63) is 46.6 Å². The third kappa shape index (κ3) is 3.01. The number of anilines is 2. The molecular weight excluding hydrogens is 265 g/mol. The summed E-state index contributed by atoms with van der Waals surface area (Å²) in [7, 11) is 0. The molecule has 5 heteroatoms. The van der Waals surface area contributed by atoms with E-state index in [1.54, 1.807) is 25.1 Å². The molecule has 0 aliphatic carbocycles. The Hall–Kier alpha value is -1.68. The first-order valence-electron chi connectivity index (χ1n) is 6.04. The average molecular weight is 280 g/mol. The van der Waals surface area contributed by atoms with Gasteiger partial charge in [-0.1, -0.05) is 37.6 Å². The minimum atomic E-state index is -0.331. The quantitative estimate of drug-likeness (QED) is 0.844. The van der Waals surface area contributed by atoms with Gasteiger partial charge in [-0.25, -0.2) is 14.4 Å². The Bertz CT molecular complexity index is 599. The second kappa shape index (κ2) is 5.53. The predicted molar refractivity (Wildman–Crippen MR) is 75.6 cm³/mol. The molecule has 0 saturated carbocycles. The van der Waals surface area contributed by atoms with Crippen molar-refractivity contribution in [1.82, 2.24) is 9.97 Å². The van der Waals surface area contributed by atoms with E-state index < -0.39 is 0 Å². The van der Waals surface area contributed by atoms with Gasteiger partial charge in [-0.05, 0) is 19.1 Å². The molecule has 0 fully saturated rings. The summed E-state index contributed by atoms with van der Waals surface area (Å²) < 4.78 is 13.6. The third-order valence-corrected chi connectivity index (χ3v) is 3.12. The van der Waals surface area contributed by atoms with Crippen LogP contribution in [0.2, 0.25) is 5.15 Å². The Kier molecular flexibility index (Phi) is 4.00. The molecule has 100 valence electrons. The van der Waals surface area contributed by atoms with Crippen LogP contribution in [0.25, 0.3) is 0 Å². The molecule has 1 N–H and O–H groups in total. The molecule has 0 aliphatic rings. The van der Waals surface area contributed by atoms with Crippen molar-refractivity contribution < 1.29 is 4.39 Å². The number of rotatable bonds is 3. The molecule has 0 bridgehead atoms.